The van der Waals surface area contributed by atoms with Gasteiger partial charge in [-0.3, -0.25) is 23.5 Å². The monoisotopic (exact) mass is 273 g/mol. The topological polar surface area (TPSA) is 87.1 Å². The number of hydrogen-bond acceptors (Lipinski definition) is 3. The van der Waals surface area contributed by atoms with E-state index in [9.17, 15) is 14.4 Å². The zero-order chi connectivity index (χ0) is 14.9. The molecule has 0 aliphatic carbocycles. The van der Waals surface area contributed by atoms with Gasteiger partial charge in [0.15, 0.2) is 0 Å². The summed E-state index contributed by atoms with van der Waals surface area (Å²) in [6.45, 7) is 3.59. The molecular weight excluding hydrogens is 258 g/mol. The lowest BCUT2D eigenvalue weighted by Gasteiger charge is -2.09. The normalized spacial score (nSPS) is 10.5. The van der Waals surface area contributed by atoms with Gasteiger partial charge in [0.25, 0.3) is 0 Å². The molecule has 0 aliphatic heterocycles. The molecule has 1 aromatic carbocycles. The fraction of sp³-hybridized carbons (Fsp3) is 0.214. The van der Waals surface area contributed by atoms with E-state index in [4.69, 9.17) is 5.73 Å². The quantitative estimate of drug-likeness (QED) is 0.805. The van der Waals surface area contributed by atoms with Gasteiger partial charge in [0.2, 0.25) is 5.91 Å². The molecule has 0 saturated heterocycles. The van der Waals surface area contributed by atoms with E-state index in [1.54, 1.807) is 6.07 Å². The van der Waals surface area contributed by atoms with Crippen LogP contribution in [0.15, 0.2) is 40.2 Å². The molecule has 104 valence electrons. The Bertz CT molecular complexity index is 787. The highest BCUT2D eigenvalue weighted by atomic mass is 16.2. The van der Waals surface area contributed by atoms with Gasteiger partial charge in [-0.2, -0.15) is 0 Å². The highest BCUT2D eigenvalue weighted by Gasteiger charge is 2.08. The third kappa shape index (κ3) is 2.54. The van der Waals surface area contributed by atoms with Crippen molar-refractivity contribution in [2.45, 2.75) is 20.4 Å². The number of primary amides is 1. The van der Waals surface area contributed by atoms with Crippen molar-refractivity contribution < 1.29 is 4.79 Å². The van der Waals surface area contributed by atoms with Crippen LogP contribution in [0.2, 0.25) is 0 Å². The number of carbonyl (C=O) groups is 1. The lowest BCUT2D eigenvalue weighted by Crippen LogP contribution is -2.41. The summed E-state index contributed by atoms with van der Waals surface area (Å²) in [5.41, 5.74) is 6.27. The summed E-state index contributed by atoms with van der Waals surface area (Å²) in [6, 6.07) is 5.47. The van der Waals surface area contributed by atoms with Crippen LogP contribution < -0.4 is 16.9 Å². The molecule has 0 aliphatic rings. The van der Waals surface area contributed by atoms with Gasteiger partial charge in [0, 0.05) is 18.1 Å². The van der Waals surface area contributed by atoms with E-state index in [1.165, 1.54) is 17.0 Å². The molecule has 6 heteroatoms. The predicted molar refractivity (Wildman–Crippen MR) is 75.0 cm³/mol. The van der Waals surface area contributed by atoms with E-state index in [0.717, 1.165) is 15.7 Å². The highest BCUT2D eigenvalue weighted by molar-refractivity contribution is 5.73. The van der Waals surface area contributed by atoms with E-state index >= 15 is 0 Å². The molecule has 0 unspecified atom stereocenters. The van der Waals surface area contributed by atoms with Gasteiger partial charge in [-0.25, -0.2) is 0 Å². The number of aromatic nitrogens is 2. The van der Waals surface area contributed by atoms with E-state index in [0.29, 0.717) is 5.69 Å². The van der Waals surface area contributed by atoms with Crippen LogP contribution in [-0.2, 0) is 11.3 Å². The molecule has 0 spiro atoms. The first-order chi connectivity index (χ1) is 9.40. The smallest absolute Gasteiger partial charge is 0.320 e. The Morgan fingerprint density at radius 2 is 1.80 bits per heavy atom. The number of nitrogens with zero attached hydrogens (tertiary/aromatic N) is 2. The van der Waals surface area contributed by atoms with E-state index in [-0.39, 0.29) is 6.54 Å². The van der Waals surface area contributed by atoms with Crippen LogP contribution in [-0.4, -0.2) is 15.0 Å². The lowest BCUT2D eigenvalue weighted by molar-refractivity contribution is -0.118. The van der Waals surface area contributed by atoms with E-state index < -0.39 is 17.0 Å². The van der Waals surface area contributed by atoms with Crippen molar-refractivity contribution in [2.24, 2.45) is 5.73 Å². The summed E-state index contributed by atoms with van der Waals surface area (Å²) in [5, 5.41) is 0. The third-order valence-electron chi connectivity index (χ3n) is 3.15. The van der Waals surface area contributed by atoms with Gasteiger partial charge in [-0.05, 0) is 37.1 Å². The van der Waals surface area contributed by atoms with Gasteiger partial charge < -0.3 is 5.73 Å². The number of carbonyl (C=O) groups excluding carboxylic acids is 1. The Kier molecular flexibility index (Phi) is 3.56. The van der Waals surface area contributed by atoms with Crippen molar-refractivity contribution in [3.05, 3.63) is 62.4 Å². The van der Waals surface area contributed by atoms with E-state index in [2.05, 4.69) is 0 Å². The number of benzene rings is 1. The summed E-state index contributed by atoms with van der Waals surface area (Å²) in [6.07, 6.45) is 2.83. The second-order valence-electron chi connectivity index (χ2n) is 4.64. The van der Waals surface area contributed by atoms with Crippen LogP contribution in [0, 0.1) is 13.8 Å². The molecular formula is C14H15N3O3. The maximum Gasteiger partial charge on any atom is 0.320 e. The van der Waals surface area contributed by atoms with Crippen molar-refractivity contribution in [1.29, 1.82) is 0 Å². The van der Waals surface area contributed by atoms with Crippen molar-refractivity contribution in [3.63, 3.8) is 0 Å². The van der Waals surface area contributed by atoms with Crippen molar-refractivity contribution in [3.8, 4) is 5.69 Å². The highest BCUT2D eigenvalue weighted by Crippen LogP contribution is 2.11. The van der Waals surface area contributed by atoms with Gasteiger partial charge >= 0.3 is 11.1 Å². The predicted octanol–water partition coefficient (Wildman–Crippen LogP) is 0.101. The van der Waals surface area contributed by atoms with Gasteiger partial charge in [0.1, 0.15) is 6.54 Å². The largest absolute Gasteiger partial charge is 0.368 e. The fourth-order valence-corrected chi connectivity index (χ4v) is 1.88. The van der Waals surface area contributed by atoms with Gasteiger partial charge in [0.05, 0.1) is 0 Å². The van der Waals surface area contributed by atoms with Crippen LogP contribution in [0.4, 0.5) is 0 Å². The summed E-state index contributed by atoms with van der Waals surface area (Å²) in [4.78, 5) is 34.7. The van der Waals surface area contributed by atoms with Crippen LogP contribution in [0.3, 0.4) is 0 Å². The standard InChI is InChI=1S/C14H15N3O3/c1-9-3-4-11(7-10(9)2)17-6-5-16(8-12(15)18)13(19)14(17)20/h3-7H,8H2,1-2H3,(H2,15,18). The van der Waals surface area contributed by atoms with Crippen LogP contribution >= 0.6 is 0 Å². The minimum absolute atomic E-state index is 0.304. The average molecular weight is 273 g/mol. The Balaban J connectivity index is 2.57. The fourth-order valence-electron chi connectivity index (χ4n) is 1.88. The van der Waals surface area contributed by atoms with Gasteiger partial charge in [-0.15, -0.1) is 0 Å². The first-order valence-electron chi connectivity index (χ1n) is 6.08. The summed E-state index contributed by atoms with van der Waals surface area (Å²) >= 11 is 0. The Labute approximate surface area is 115 Å². The Morgan fingerprint density at radius 3 is 2.40 bits per heavy atom. The molecule has 6 nitrogen and oxygen atoms in total. The summed E-state index contributed by atoms with van der Waals surface area (Å²) in [7, 11) is 0. The minimum atomic E-state index is -0.774. The Hall–Kier alpha value is -2.63. The number of hydrogen-bond donors (Lipinski definition) is 1. The molecule has 2 N–H and O–H groups in total. The maximum absolute atomic E-state index is 12.0. The van der Waals surface area contributed by atoms with Crippen LogP contribution in [0.25, 0.3) is 5.69 Å². The molecule has 0 saturated carbocycles. The number of rotatable bonds is 3. The second kappa shape index (κ2) is 5.16. The molecule has 20 heavy (non-hydrogen) atoms. The molecule has 1 aromatic heterocycles. The van der Waals surface area contributed by atoms with E-state index in [1.807, 2.05) is 26.0 Å². The molecule has 0 bridgehead atoms. The first kappa shape index (κ1) is 13.8. The maximum atomic E-state index is 12.0. The molecule has 0 radical (unpaired) electrons. The zero-order valence-electron chi connectivity index (χ0n) is 11.3. The van der Waals surface area contributed by atoms with Crippen molar-refractivity contribution >= 4 is 5.91 Å². The Morgan fingerprint density at radius 1 is 1.10 bits per heavy atom. The van der Waals surface area contributed by atoms with Crippen LogP contribution in [0.5, 0.6) is 0 Å². The van der Waals surface area contributed by atoms with Crippen LogP contribution in [0.1, 0.15) is 11.1 Å². The SMILES string of the molecule is Cc1ccc(-n2ccn(CC(N)=O)c(=O)c2=O)cc1C. The summed E-state index contributed by atoms with van der Waals surface area (Å²) in [5.74, 6) is -0.671. The minimum Gasteiger partial charge on any atom is -0.368 e. The number of amides is 1. The molecule has 2 aromatic rings. The van der Waals surface area contributed by atoms with Gasteiger partial charge in [-0.1, -0.05) is 6.07 Å². The van der Waals surface area contributed by atoms with Crippen molar-refractivity contribution in [2.75, 3.05) is 0 Å². The second-order valence-corrected chi connectivity index (χ2v) is 4.64. The molecule has 0 fully saturated rings. The molecule has 0 atom stereocenters. The summed E-state index contributed by atoms with van der Waals surface area (Å²) < 4.78 is 2.26. The number of nitrogens with two attached hydrogens (primary N) is 1. The zero-order valence-corrected chi connectivity index (χ0v) is 11.3. The molecule has 2 rings (SSSR count). The number of aryl methyl sites for hydroxylation is 2. The lowest BCUT2D eigenvalue weighted by atomic mass is 10.1. The average Bonchev–Trinajstić information content (AvgIpc) is 2.38. The van der Waals surface area contributed by atoms with Crippen molar-refractivity contribution in [1.82, 2.24) is 9.13 Å². The first-order valence-corrected chi connectivity index (χ1v) is 6.08. The molecule has 1 heterocycles. The molecule has 1 amide bonds. The third-order valence-corrected chi connectivity index (χ3v) is 3.15.